The van der Waals surface area contributed by atoms with Crippen molar-refractivity contribution in [3.63, 3.8) is 0 Å². The third-order valence-corrected chi connectivity index (χ3v) is 5.13. The lowest BCUT2D eigenvalue weighted by molar-refractivity contribution is -0.120. The smallest absolute Gasteiger partial charge is 0.255 e. The molecule has 1 aliphatic rings. The molecule has 8 heteroatoms. The number of hydrogen-bond acceptors (Lipinski definition) is 5. The molecule has 1 aromatic heterocycles. The second kappa shape index (κ2) is 9.38. The van der Waals surface area contributed by atoms with Gasteiger partial charge in [-0.2, -0.15) is 0 Å². The fourth-order valence-corrected chi connectivity index (χ4v) is 3.53. The number of ether oxygens (including phenoxy) is 1. The predicted octanol–water partition coefficient (Wildman–Crippen LogP) is 3.03. The van der Waals surface area contributed by atoms with Gasteiger partial charge in [-0.1, -0.05) is 18.2 Å². The molecule has 0 bridgehead atoms. The molecule has 0 spiro atoms. The quantitative estimate of drug-likeness (QED) is 0.597. The summed E-state index contributed by atoms with van der Waals surface area (Å²) in [6.45, 7) is 1.85. The van der Waals surface area contributed by atoms with Gasteiger partial charge in [0.25, 0.3) is 5.91 Å². The topological polar surface area (TPSA) is 101 Å². The molecule has 32 heavy (non-hydrogen) atoms. The highest BCUT2D eigenvalue weighted by Crippen LogP contribution is 2.26. The second-order valence-corrected chi connectivity index (χ2v) is 7.46. The summed E-state index contributed by atoms with van der Waals surface area (Å²) in [6, 6.07) is 17.9. The number of furan rings is 1. The third kappa shape index (κ3) is 4.97. The lowest BCUT2D eigenvalue weighted by Gasteiger charge is -2.18. The first kappa shape index (κ1) is 21.2. The molecule has 2 aromatic carbocycles. The van der Waals surface area contributed by atoms with Crippen LogP contribution in [-0.4, -0.2) is 36.9 Å². The number of carbonyl (C=O) groups is 3. The summed E-state index contributed by atoms with van der Waals surface area (Å²) in [7, 11) is 0. The zero-order valence-corrected chi connectivity index (χ0v) is 17.5. The van der Waals surface area contributed by atoms with Crippen LogP contribution in [0.15, 0.2) is 71.3 Å². The number of amides is 3. The highest BCUT2D eigenvalue weighted by Gasteiger charge is 2.31. The van der Waals surface area contributed by atoms with Crippen LogP contribution in [-0.2, 0) is 9.59 Å². The molecule has 4 rings (SSSR count). The zero-order valence-electron chi connectivity index (χ0n) is 17.5. The van der Waals surface area contributed by atoms with Crippen molar-refractivity contribution in [3.8, 4) is 11.5 Å². The lowest BCUT2D eigenvalue weighted by Crippen LogP contribution is -2.43. The Labute approximate surface area is 185 Å². The first-order chi connectivity index (χ1) is 15.5. The Hall–Kier alpha value is -4.07. The van der Waals surface area contributed by atoms with Gasteiger partial charge in [0.1, 0.15) is 17.3 Å². The van der Waals surface area contributed by atoms with Crippen molar-refractivity contribution in [2.75, 3.05) is 18.0 Å². The molecule has 1 unspecified atom stereocenters. The zero-order chi connectivity index (χ0) is 22.5. The molecular weight excluding hydrogens is 410 g/mol. The highest BCUT2D eigenvalue weighted by atomic mass is 16.5. The number of nitrogens with one attached hydrogen (secondary N) is 2. The Morgan fingerprint density at radius 2 is 1.78 bits per heavy atom. The van der Waals surface area contributed by atoms with Crippen LogP contribution in [0.4, 0.5) is 5.69 Å². The van der Waals surface area contributed by atoms with Gasteiger partial charge < -0.3 is 24.7 Å². The van der Waals surface area contributed by atoms with E-state index in [9.17, 15) is 14.4 Å². The minimum Gasteiger partial charge on any atom is -0.469 e. The van der Waals surface area contributed by atoms with E-state index < -0.39 is 0 Å². The van der Waals surface area contributed by atoms with Crippen LogP contribution < -0.4 is 20.3 Å². The molecule has 3 aromatic rings. The van der Waals surface area contributed by atoms with Crippen LogP contribution >= 0.6 is 0 Å². The van der Waals surface area contributed by atoms with E-state index >= 15 is 0 Å². The first-order valence-corrected chi connectivity index (χ1v) is 10.2. The molecule has 3 amide bonds. The molecule has 1 atom stereocenters. The first-order valence-electron chi connectivity index (χ1n) is 10.2. The van der Waals surface area contributed by atoms with Gasteiger partial charge in [-0.05, 0) is 49.4 Å². The highest BCUT2D eigenvalue weighted by molar-refractivity contribution is 5.98. The van der Waals surface area contributed by atoms with E-state index in [-0.39, 0.29) is 36.7 Å². The summed E-state index contributed by atoms with van der Waals surface area (Å²) >= 11 is 0. The van der Waals surface area contributed by atoms with Crippen LogP contribution in [0.5, 0.6) is 11.5 Å². The standard InChI is InChI=1S/C24H23N3O5/c1-16-21(11-12-31-16)24(30)25-14-22(28)26-17-13-23(29)27(15-17)18-7-9-20(10-8-18)32-19-5-3-2-4-6-19/h2-12,17H,13-15H2,1H3,(H,25,30)(H,26,28). The number of nitrogens with zero attached hydrogens (tertiary/aromatic N) is 1. The second-order valence-electron chi connectivity index (χ2n) is 7.46. The van der Waals surface area contributed by atoms with E-state index in [2.05, 4.69) is 10.6 Å². The van der Waals surface area contributed by atoms with Crippen molar-refractivity contribution < 1.29 is 23.5 Å². The molecule has 1 saturated heterocycles. The monoisotopic (exact) mass is 433 g/mol. The molecule has 164 valence electrons. The Kier molecular flexibility index (Phi) is 6.21. The number of aryl methyl sites for hydroxylation is 1. The van der Waals surface area contributed by atoms with Gasteiger partial charge in [0.15, 0.2) is 0 Å². The van der Waals surface area contributed by atoms with Crippen molar-refractivity contribution >= 4 is 23.4 Å². The summed E-state index contributed by atoms with van der Waals surface area (Å²) in [5.74, 6) is 1.07. The molecule has 2 heterocycles. The van der Waals surface area contributed by atoms with Gasteiger partial charge in [-0.3, -0.25) is 14.4 Å². The summed E-state index contributed by atoms with van der Waals surface area (Å²) in [5.41, 5.74) is 1.12. The molecule has 1 fully saturated rings. The maximum Gasteiger partial charge on any atom is 0.255 e. The molecule has 8 nitrogen and oxygen atoms in total. The van der Waals surface area contributed by atoms with E-state index in [0.29, 0.717) is 23.6 Å². The minimum atomic E-state index is -0.381. The molecule has 2 N–H and O–H groups in total. The van der Waals surface area contributed by atoms with E-state index in [1.54, 1.807) is 30.0 Å². The number of anilines is 1. The van der Waals surface area contributed by atoms with E-state index in [1.807, 2.05) is 42.5 Å². The van der Waals surface area contributed by atoms with Crippen LogP contribution in [0.2, 0.25) is 0 Å². The van der Waals surface area contributed by atoms with Crippen molar-refractivity contribution in [1.29, 1.82) is 0 Å². The van der Waals surface area contributed by atoms with Crippen LogP contribution in [0, 0.1) is 6.92 Å². The van der Waals surface area contributed by atoms with Gasteiger partial charge >= 0.3 is 0 Å². The van der Waals surface area contributed by atoms with Crippen LogP contribution in [0.1, 0.15) is 22.5 Å². The average Bonchev–Trinajstić information content (AvgIpc) is 3.38. The van der Waals surface area contributed by atoms with Crippen molar-refractivity contribution in [3.05, 3.63) is 78.3 Å². The van der Waals surface area contributed by atoms with Gasteiger partial charge in [0.2, 0.25) is 11.8 Å². The predicted molar refractivity (Wildman–Crippen MR) is 118 cm³/mol. The van der Waals surface area contributed by atoms with E-state index in [1.165, 1.54) is 6.26 Å². The van der Waals surface area contributed by atoms with Gasteiger partial charge in [0, 0.05) is 18.7 Å². The molecule has 0 saturated carbocycles. The Morgan fingerprint density at radius 1 is 1.06 bits per heavy atom. The minimum absolute atomic E-state index is 0.0786. The van der Waals surface area contributed by atoms with Gasteiger partial charge in [0.05, 0.1) is 24.4 Å². The fourth-order valence-electron chi connectivity index (χ4n) is 3.53. The summed E-state index contributed by atoms with van der Waals surface area (Å²) < 4.78 is 10.9. The largest absolute Gasteiger partial charge is 0.469 e. The van der Waals surface area contributed by atoms with E-state index in [0.717, 1.165) is 11.4 Å². The van der Waals surface area contributed by atoms with Gasteiger partial charge in [-0.25, -0.2) is 0 Å². The summed E-state index contributed by atoms with van der Waals surface area (Å²) in [6.07, 6.45) is 1.62. The normalized spacial score (nSPS) is 15.5. The summed E-state index contributed by atoms with van der Waals surface area (Å²) in [4.78, 5) is 38.4. The van der Waals surface area contributed by atoms with Crippen molar-refractivity contribution in [2.24, 2.45) is 0 Å². The maximum atomic E-state index is 12.5. The third-order valence-electron chi connectivity index (χ3n) is 5.13. The fraction of sp³-hybridized carbons (Fsp3) is 0.208. The summed E-state index contributed by atoms with van der Waals surface area (Å²) in [5, 5.41) is 5.36. The van der Waals surface area contributed by atoms with Gasteiger partial charge in [-0.15, -0.1) is 0 Å². The average molecular weight is 433 g/mol. The SMILES string of the molecule is Cc1occc1C(=O)NCC(=O)NC1CC(=O)N(c2ccc(Oc3ccccc3)cc2)C1. The number of benzene rings is 2. The lowest BCUT2D eigenvalue weighted by atomic mass is 10.2. The van der Waals surface area contributed by atoms with Crippen molar-refractivity contribution in [2.45, 2.75) is 19.4 Å². The Bertz CT molecular complexity index is 1110. The van der Waals surface area contributed by atoms with Crippen LogP contribution in [0.3, 0.4) is 0 Å². The Balaban J connectivity index is 1.28. The number of para-hydroxylation sites is 1. The Morgan fingerprint density at radius 3 is 2.47 bits per heavy atom. The molecule has 0 radical (unpaired) electrons. The van der Waals surface area contributed by atoms with E-state index in [4.69, 9.17) is 9.15 Å². The molecule has 0 aliphatic carbocycles. The number of rotatable bonds is 7. The number of carbonyl (C=O) groups excluding carboxylic acids is 3. The van der Waals surface area contributed by atoms with Crippen LogP contribution in [0.25, 0.3) is 0 Å². The van der Waals surface area contributed by atoms with Crippen molar-refractivity contribution in [1.82, 2.24) is 10.6 Å². The molecular formula is C24H23N3O5. The molecule has 1 aliphatic heterocycles. The maximum absolute atomic E-state index is 12.5. The number of hydrogen-bond donors (Lipinski definition) is 2.